The van der Waals surface area contributed by atoms with Crippen molar-refractivity contribution in [1.82, 2.24) is 5.32 Å². The Morgan fingerprint density at radius 3 is 2.13 bits per heavy atom. The van der Waals surface area contributed by atoms with Gasteiger partial charge in [-0.25, -0.2) is 4.79 Å². The van der Waals surface area contributed by atoms with Crippen LogP contribution in [0.2, 0.25) is 0 Å². The van der Waals surface area contributed by atoms with E-state index < -0.39 is 5.97 Å². The average Bonchev–Trinajstić information content (AvgIpc) is 2.10. The Morgan fingerprint density at radius 2 is 1.87 bits per heavy atom. The van der Waals surface area contributed by atoms with E-state index in [4.69, 9.17) is 5.11 Å². The smallest absolute Gasteiger partial charge is 0.335 e. The summed E-state index contributed by atoms with van der Waals surface area (Å²) in [4.78, 5) is 21.6. The number of carboxylic acid groups (broad SMARTS) is 1. The third kappa shape index (κ3) is 4.81. The highest BCUT2D eigenvalue weighted by Crippen LogP contribution is 2.08. The molecule has 0 aromatic heterocycles. The minimum absolute atomic E-state index is 0.113. The summed E-state index contributed by atoms with van der Waals surface area (Å²) in [6, 6.07) is 0. The van der Waals surface area contributed by atoms with Crippen molar-refractivity contribution in [1.29, 1.82) is 0 Å². The van der Waals surface area contributed by atoms with Crippen molar-refractivity contribution >= 4 is 11.9 Å². The second kappa shape index (κ2) is 5.80. The third-order valence-electron chi connectivity index (χ3n) is 1.63. The molecule has 0 bridgehead atoms. The number of carboxylic acids is 1. The molecule has 0 saturated carbocycles. The number of allylic oxidation sites excluding steroid dienone is 2. The number of rotatable bonds is 4. The molecule has 2 N–H and O–H groups in total. The summed E-state index contributed by atoms with van der Waals surface area (Å²) in [5.41, 5.74) is 1.13. The number of hydrogen-bond acceptors (Lipinski definition) is 2. The second-order valence-electron chi connectivity index (χ2n) is 3.07. The van der Waals surface area contributed by atoms with Crippen LogP contribution in [-0.2, 0) is 9.59 Å². The Labute approximate surface area is 89.0 Å². The minimum Gasteiger partial charge on any atom is -0.478 e. The Balaban J connectivity index is 5.06. The second-order valence-corrected chi connectivity index (χ2v) is 3.07. The lowest BCUT2D eigenvalue weighted by atomic mass is 10.1. The molecule has 0 atom stereocenters. The Kier molecular flexibility index (Phi) is 5.09. The summed E-state index contributed by atoms with van der Waals surface area (Å²) in [6.45, 7) is 8.31. The van der Waals surface area contributed by atoms with Gasteiger partial charge in [-0.2, -0.15) is 0 Å². The Bertz CT molecular complexity index is 351. The zero-order chi connectivity index (χ0) is 12.0. The van der Waals surface area contributed by atoms with Crippen LogP contribution in [0.5, 0.6) is 0 Å². The zero-order valence-corrected chi connectivity index (χ0v) is 9.13. The molecule has 0 aliphatic heterocycles. The fourth-order valence-corrected chi connectivity index (χ4v) is 0.880. The van der Waals surface area contributed by atoms with Crippen molar-refractivity contribution in [3.05, 3.63) is 35.6 Å². The predicted octanol–water partition coefficient (Wildman–Crippen LogP) is 1.61. The minimum atomic E-state index is -1.04. The van der Waals surface area contributed by atoms with Gasteiger partial charge in [0.05, 0.1) is 5.57 Å². The van der Waals surface area contributed by atoms with E-state index in [0.717, 1.165) is 0 Å². The van der Waals surface area contributed by atoms with Crippen LogP contribution in [0.15, 0.2) is 35.6 Å². The highest BCUT2D eigenvalue weighted by atomic mass is 16.4. The molecule has 1 amide bonds. The Hall–Kier alpha value is -1.84. The molecule has 0 rings (SSSR count). The van der Waals surface area contributed by atoms with Gasteiger partial charge in [-0.1, -0.05) is 12.7 Å². The van der Waals surface area contributed by atoms with Crippen LogP contribution in [0, 0.1) is 0 Å². The quantitative estimate of drug-likeness (QED) is 0.546. The molecule has 4 heteroatoms. The van der Waals surface area contributed by atoms with E-state index >= 15 is 0 Å². The number of carbonyl (C=O) groups excluding carboxylic acids is 1. The molecule has 0 heterocycles. The first-order chi connectivity index (χ1) is 6.88. The molecule has 0 saturated heterocycles. The first-order valence-electron chi connectivity index (χ1n) is 4.43. The van der Waals surface area contributed by atoms with E-state index in [9.17, 15) is 9.59 Å². The molecule has 15 heavy (non-hydrogen) atoms. The first kappa shape index (κ1) is 13.2. The van der Waals surface area contributed by atoms with Gasteiger partial charge in [0.15, 0.2) is 0 Å². The Morgan fingerprint density at radius 1 is 1.33 bits per heavy atom. The summed E-state index contributed by atoms with van der Waals surface area (Å²) in [7, 11) is 0. The van der Waals surface area contributed by atoms with Crippen LogP contribution >= 0.6 is 0 Å². The van der Waals surface area contributed by atoms with Crippen molar-refractivity contribution in [2.75, 3.05) is 0 Å². The lowest BCUT2D eigenvalue weighted by molar-refractivity contribution is -0.132. The van der Waals surface area contributed by atoms with Gasteiger partial charge >= 0.3 is 5.97 Å². The summed E-state index contributed by atoms with van der Waals surface area (Å²) in [5, 5.41) is 11.3. The number of nitrogens with one attached hydrogen (secondary N) is 1. The average molecular weight is 209 g/mol. The number of amides is 1. The fourth-order valence-electron chi connectivity index (χ4n) is 0.880. The fraction of sp³-hybridized carbons (Fsp3) is 0.273. The third-order valence-corrected chi connectivity index (χ3v) is 1.63. The molecular weight excluding hydrogens is 194 g/mol. The van der Waals surface area contributed by atoms with Crippen molar-refractivity contribution in [3.63, 3.8) is 0 Å². The predicted molar refractivity (Wildman–Crippen MR) is 58.1 cm³/mol. The molecule has 0 aliphatic carbocycles. The van der Waals surface area contributed by atoms with Crippen LogP contribution < -0.4 is 5.32 Å². The van der Waals surface area contributed by atoms with Gasteiger partial charge in [-0.15, -0.1) is 0 Å². The van der Waals surface area contributed by atoms with Gasteiger partial charge in [0, 0.05) is 12.6 Å². The summed E-state index contributed by atoms with van der Waals surface area (Å²) in [6.07, 6.45) is 2.83. The normalized spacial score (nSPS) is 12.2. The lowest BCUT2D eigenvalue weighted by Gasteiger charge is -2.07. The van der Waals surface area contributed by atoms with Crippen molar-refractivity contribution < 1.29 is 14.7 Å². The molecule has 0 fully saturated rings. The van der Waals surface area contributed by atoms with Crippen LogP contribution in [-0.4, -0.2) is 17.0 Å². The molecule has 0 aromatic rings. The van der Waals surface area contributed by atoms with Crippen molar-refractivity contribution in [3.8, 4) is 0 Å². The van der Waals surface area contributed by atoms with E-state index in [1.54, 1.807) is 13.8 Å². The van der Waals surface area contributed by atoms with E-state index in [-0.39, 0.29) is 11.5 Å². The summed E-state index contributed by atoms with van der Waals surface area (Å²) < 4.78 is 0. The van der Waals surface area contributed by atoms with Crippen LogP contribution in [0.3, 0.4) is 0 Å². The molecule has 4 nitrogen and oxygen atoms in total. The molecule has 0 unspecified atom stereocenters. The molecule has 0 radical (unpaired) electrons. The molecule has 0 spiro atoms. The highest BCUT2D eigenvalue weighted by Gasteiger charge is 2.06. The van der Waals surface area contributed by atoms with E-state index in [1.807, 2.05) is 0 Å². The SMILES string of the molecule is C=C(C)/C(=C\C(=C/C)C(=O)O)NC(C)=O. The van der Waals surface area contributed by atoms with Gasteiger partial charge in [0.1, 0.15) is 0 Å². The zero-order valence-electron chi connectivity index (χ0n) is 9.13. The lowest BCUT2D eigenvalue weighted by Crippen LogP contribution is -2.20. The van der Waals surface area contributed by atoms with E-state index in [2.05, 4.69) is 11.9 Å². The standard InChI is InChI=1S/C11H15NO3/c1-5-9(11(14)15)6-10(7(2)3)12-8(4)13/h5-6H,2H2,1,3-4H3,(H,12,13)(H,14,15)/b9-5+,10-6+. The molecule has 0 aromatic carbocycles. The van der Waals surface area contributed by atoms with E-state index in [0.29, 0.717) is 11.3 Å². The van der Waals surface area contributed by atoms with Crippen LogP contribution in [0.4, 0.5) is 0 Å². The number of hydrogen-bond donors (Lipinski definition) is 2. The topological polar surface area (TPSA) is 66.4 Å². The maximum Gasteiger partial charge on any atom is 0.335 e. The number of carbonyl (C=O) groups is 2. The van der Waals surface area contributed by atoms with Gasteiger partial charge < -0.3 is 10.4 Å². The van der Waals surface area contributed by atoms with Gasteiger partial charge in [-0.3, -0.25) is 4.79 Å². The number of aliphatic carboxylic acids is 1. The summed E-state index contributed by atoms with van der Waals surface area (Å²) >= 11 is 0. The largest absolute Gasteiger partial charge is 0.478 e. The maximum absolute atomic E-state index is 10.8. The monoisotopic (exact) mass is 209 g/mol. The van der Waals surface area contributed by atoms with Crippen LogP contribution in [0.25, 0.3) is 0 Å². The molecular formula is C11H15NO3. The van der Waals surface area contributed by atoms with E-state index in [1.165, 1.54) is 19.1 Å². The van der Waals surface area contributed by atoms with Gasteiger partial charge in [0.2, 0.25) is 5.91 Å². The van der Waals surface area contributed by atoms with Crippen molar-refractivity contribution in [2.45, 2.75) is 20.8 Å². The summed E-state index contributed by atoms with van der Waals surface area (Å²) in [5.74, 6) is -1.30. The van der Waals surface area contributed by atoms with Gasteiger partial charge in [-0.05, 0) is 25.5 Å². The molecule has 0 aliphatic rings. The first-order valence-corrected chi connectivity index (χ1v) is 4.43. The highest BCUT2D eigenvalue weighted by molar-refractivity contribution is 5.90. The maximum atomic E-state index is 10.8. The molecule has 82 valence electrons. The van der Waals surface area contributed by atoms with Crippen molar-refractivity contribution in [2.24, 2.45) is 0 Å². The van der Waals surface area contributed by atoms with Crippen LogP contribution in [0.1, 0.15) is 20.8 Å². The van der Waals surface area contributed by atoms with Gasteiger partial charge in [0.25, 0.3) is 0 Å².